The molecule has 1 fully saturated rings. The van der Waals surface area contributed by atoms with E-state index in [-0.39, 0.29) is 11.3 Å². The van der Waals surface area contributed by atoms with Gasteiger partial charge in [-0.15, -0.1) is 0 Å². The van der Waals surface area contributed by atoms with Crippen LogP contribution in [0.4, 0.5) is 11.4 Å². The summed E-state index contributed by atoms with van der Waals surface area (Å²) in [7, 11) is 0. The zero-order valence-corrected chi connectivity index (χ0v) is 11.7. The number of nitrogens with zero attached hydrogens (tertiary/aromatic N) is 2. The van der Waals surface area contributed by atoms with Crippen LogP contribution in [-0.2, 0) is 0 Å². The van der Waals surface area contributed by atoms with E-state index in [4.69, 9.17) is 5.11 Å². The summed E-state index contributed by atoms with van der Waals surface area (Å²) >= 11 is 0. The lowest BCUT2D eigenvalue weighted by Gasteiger charge is -2.26. The number of carboxylic acid groups (broad SMARTS) is 1. The molecule has 1 aromatic rings. The molecule has 2 N–H and O–H groups in total. The van der Waals surface area contributed by atoms with E-state index in [0.717, 1.165) is 19.6 Å². The first-order valence-corrected chi connectivity index (χ1v) is 7.06. The van der Waals surface area contributed by atoms with E-state index < -0.39 is 10.9 Å². The van der Waals surface area contributed by atoms with Gasteiger partial charge in [0, 0.05) is 25.2 Å². The number of nitro groups is 1. The lowest BCUT2D eigenvalue weighted by atomic mass is 10.1. The minimum atomic E-state index is -1.09. The van der Waals surface area contributed by atoms with Crippen LogP contribution >= 0.6 is 0 Å². The monoisotopic (exact) mass is 293 g/mol. The third-order valence-corrected chi connectivity index (χ3v) is 3.64. The number of non-ortho nitro benzene ring substituents is 1. The van der Waals surface area contributed by atoms with Crippen LogP contribution in [0, 0.1) is 10.1 Å². The Hall–Kier alpha value is -2.15. The standard InChI is InChI=1S/C14H19N3O4/c18-14(19)12-5-4-11(17(20)21)10-13(12)15-6-9-16-7-2-1-3-8-16/h4-5,10,15H,1-3,6-9H2,(H,18,19). The number of benzene rings is 1. The van der Waals surface area contributed by atoms with Gasteiger partial charge in [-0.2, -0.15) is 0 Å². The molecule has 1 heterocycles. The molecule has 0 saturated carbocycles. The number of aromatic carboxylic acids is 1. The van der Waals surface area contributed by atoms with Gasteiger partial charge in [0.1, 0.15) is 0 Å². The van der Waals surface area contributed by atoms with Crippen LogP contribution in [0.3, 0.4) is 0 Å². The van der Waals surface area contributed by atoms with E-state index >= 15 is 0 Å². The summed E-state index contributed by atoms with van der Waals surface area (Å²) in [6.07, 6.45) is 3.65. The maximum atomic E-state index is 11.1. The smallest absolute Gasteiger partial charge is 0.337 e. The highest BCUT2D eigenvalue weighted by molar-refractivity contribution is 5.94. The van der Waals surface area contributed by atoms with E-state index in [1.165, 1.54) is 37.5 Å². The number of piperidine rings is 1. The molecule has 0 radical (unpaired) electrons. The summed E-state index contributed by atoms with van der Waals surface area (Å²) < 4.78 is 0. The summed E-state index contributed by atoms with van der Waals surface area (Å²) in [5.74, 6) is -1.09. The van der Waals surface area contributed by atoms with Gasteiger partial charge in [-0.1, -0.05) is 6.42 Å². The highest BCUT2D eigenvalue weighted by Gasteiger charge is 2.15. The number of hydrogen-bond acceptors (Lipinski definition) is 5. The van der Waals surface area contributed by atoms with Crippen molar-refractivity contribution in [1.29, 1.82) is 0 Å². The van der Waals surface area contributed by atoms with Gasteiger partial charge in [-0.25, -0.2) is 4.79 Å². The fourth-order valence-corrected chi connectivity index (χ4v) is 2.51. The lowest BCUT2D eigenvalue weighted by molar-refractivity contribution is -0.384. The van der Waals surface area contributed by atoms with Gasteiger partial charge in [-0.05, 0) is 32.0 Å². The van der Waals surface area contributed by atoms with E-state index in [1.54, 1.807) is 0 Å². The van der Waals surface area contributed by atoms with Crippen molar-refractivity contribution in [2.75, 3.05) is 31.5 Å². The minimum Gasteiger partial charge on any atom is -0.478 e. The molecule has 114 valence electrons. The summed E-state index contributed by atoms with van der Waals surface area (Å²) in [5, 5.41) is 22.9. The summed E-state index contributed by atoms with van der Waals surface area (Å²) in [4.78, 5) is 23.7. The topological polar surface area (TPSA) is 95.7 Å². The maximum Gasteiger partial charge on any atom is 0.337 e. The van der Waals surface area contributed by atoms with Crippen LogP contribution in [-0.4, -0.2) is 47.1 Å². The number of nitrogens with one attached hydrogen (secondary N) is 1. The molecule has 7 nitrogen and oxygen atoms in total. The van der Waals surface area contributed by atoms with Gasteiger partial charge in [0.15, 0.2) is 0 Å². The van der Waals surface area contributed by atoms with Gasteiger partial charge in [0.25, 0.3) is 5.69 Å². The third-order valence-electron chi connectivity index (χ3n) is 3.64. The largest absolute Gasteiger partial charge is 0.478 e. The third kappa shape index (κ3) is 4.16. The van der Waals surface area contributed by atoms with E-state index in [1.807, 2.05) is 0 Å². The molecule has 1 aliphatic heterocycles. The molecule has 21 heavy (non-hydrogen) atoms. The Morgan fingerprint density at radius 1 is 1.33 bits per heavy atom. The van der Waals surface area contributed by atoms with Gasteiger partial charge < -0.3 is 15.3 Å². The lowest BCUT2D eigenvalue weighted by Crippen LogP contribution is -2.33. The van der Waals surface area contributed by atoms with Crippen LogP contribution in [0.1, 0.15) is 29.6 Å². The first-order valence-electron chi connectivity index (χ1n) is 7.06. The molecule has 0 amide bonds. The van der Waals surface area contributed by atoms with Crippen molar-refractivity contribution < 1.29 is 14.8 Å². The number of anilines is 1. The molecule has 1 saturated heterocycles. The predicted octanol–water partition coefficient (Wildman–Crippen LogP) is 2.19. The molecule has 0 aliphatic carbocycles. The van der Waals surface area contributed by atoms with Crippen LogP contribution in [0.15, 0.2) is 18.2 Å². The first kappa shape index (κ1) is 15.2. The summed E-state index contributed by atoms with van der Waals surface area (Å²) in [6, 6.07) is 3.75. The number of nitro benzene ring substituents is 1. The molecule has 2 rings (SSSR count). The van der Waals surface area contributed by atoms with Gasteiger partial charge in [0.05, 0.1) is 16.2 Å². The second kappa shape index (κ2) is 7.03. The van der Waals surface area contributed by atoms with Crippen molar-refractivity contribution in [2.24, 2.45) is 0 Å². The average Bonchev–Trinajstić information content (AvgIpc) is 2.48. The quantitative estimate of drug-likeness (QED) is 0.616. The Morgan fingerprint density at radius 3 is 2.67 bits per heavy atom. The maximum absolute atomic E-state index is 11.1. The number of carbonyl (C=O) groups is 1. The summed E-state index contributed by atoms with van der Waals surface area (Å²) in [5.41, 5.74) is 0.244. The zero-order valence-electron chi connectivity index (χ0n) is 11.7. The van der Waals surface area contributed by atoms with Crippen LogP contribution < -0.4 is 5.32 Å². The van der Waals surface area contributed by atoms with Crippen molar-refractivity contribution in [3.05, 3.63) is 33.9 Å². The molecule has 1 aromatic carbocycles. The summed E-state index contributed by atoms with van der Waals surface area (Å²) in [6.45, 7) is 3.49. The molecule has 7 heteroatoms. The highest BCUT2D eigenvalue weighted by Crippen LogP contribution is 2.22. The van der Waals surface area contributed by atoms with Crippen molar-refractivity contribution >= 4 is 17.3 Å². The molecule has 0 unspecified atom stereocenters. The van der Waals surface area contributed by atoms with Gasteiger partial charge in [-0.3, -0.25) is 10.1 Å². The van der Waals surface area contributed by atoms with Crippen molar-refractivity contribution in [2.45, 2.75) is 19.3 Å². The average molecular weight is 293 g/mol. The fourth-order valence-electron chi connectivity index (χ4n) is 2.51. The Morgan fingerprint density at radius 2 is 2.05 bits per heavy atom. The van der Waals surface area contributed by atoms with Crippen molar-refractivity contribution in [3.8, 4) is 0 Å². The molecule has 0 spiro atoms. The van der Waals surface area contributed by atoms with Gasteiger partial charge >= 0.3 is 5.97 Å². The Bertz CT molecular complexity index is 527. The van der Waals surface area contributed by atoms with Crippen LogP contribution in [0.2, 0.25) is 0 Å². The Balaban J connectivity index is 2.00. The second-order valence-corrected chi connectivity index (χ2v) is 5.12. The molecule has 0 atom stereocenters. The Kier molecular flexibility index (Phi) is 5.10. The predicted molar refractivity (Wildman–Crippen MR) is 78.8 cm³/mol. The van der Waals surface area contributed by atoms with E-state index in [9.17, 15) is 14.9 Å². The van der Waals surface area contributed by atoms with Gasteiger partial charge in [0.2, 0.25) is 0 Å². The zero-order chi connectivity index (χ0) is 15.2. The second-order valence-electron chi connectivity index (χ2n) is 5.12. The molecule has 1 aliphatic rings. The normalized spacial score (nSPS) is 15.6. The van der Waals surface area contributed by atoms with E-state index in [2.05, 4.69) is 10.2 Å². The van der Waals surface area contributed by atoms with Crippen LogP contribution in [0.25, 0.3) is 0 Å². The van der Waals surface area contributed by atoms with E-state index in [0.29, 0.717) is 12.2 Å². The first-order chi connectivity index (χ1) is 10.1. The fraction of sp³-hybridized carbons (Fsp3) is 0.500. The van der Waals surface area contributed by atoms with Crippen LogP contribution in [0.5, 0.6) is 0 Å². The number of rotatable bonds is 6. The molecule has 0 bridgehead atoms. The highest BCUT2D eigenvalue weighted by atomic mass is 16.6. The molecular formula is C14H19N3O4. The molecular weight excluding hydrogens is 274 g/mol. The SMILES string of the molecule is O=C(O)c1ccc([N+](=O)[O-])cc1NCCN1CCCCC1. The Labute approximate surface area is 122 Å². The minimum absolute atomic E-state index is 0.0549. The number of likely N-dealkylation sites (tertiary alicyclic amines) is 1. The molecule has 0 aromatic heterocycles. The number of hydrogen-bond donors (Lipinski definition) is 2. The number of carboxylic acids is 1. The van der Waals surface area contributed by atoms with Crippen molar-refractivity contribution in [3.63, 3.8) is 0 Å². The van der Waals surface area contributed by atoms with Crippen molar-refractivity contribution in [1.82, 2.24) is 4.90 Å².